The van der Waals surface area contributed by atoms with Crippen molar-refractivity contribution >= 4 is 49.6 Å². The van der Waals surface area contributed by atoms with Crippen LogP contribution in [-0.2, 0) is 40.1 Å². The normalized spacial score (nSPS) is 11.1. The zero-order chi connectivity index (χ0) is 35.0. The molecule has 0 fully saturated rings. The molecule has 6 nitrogen and oxygen atoms in total. The van der Waals surface area contributed by atoms with Gasteiger partial charge >= 0.3 is 18.1 Å². The summed E-state index contributed by atoms with van der Waals surface area (Å²) in [6.07, 6.45) is -3.84. The second-order valence-electron chi connectivity index (χ2n) is 11.0. The Morgan fingerprint density at radius 1 is 0.673 bits per heavy atom. The zero-order valence-corrected chi connectivity index (χ0v) is 29.0. The van der Waals surface area contributed by atoms with Crippen LogP contribution in [-0.4, -0.2) is 24.3 Å². The Morgan fingerprint density at radius 2 is 1.24 bits per heavy atom. The highest BCUT2D eigenvalue weighted by Gasteiger charge is 2.33. The number of amides is 2. The topological polar surface area (TPSA) is 84.5 Å². The molecular weight excluding hydrogens is 765 g/mol. The molecule has 0 aliphatic rings. The van der Waals surface area contributed by atoms with Crippen LogP contribution in [0.2, 0.25) is 0 Å². The first kappa shape index (κ1) is 35.6. The predicted octanol–water partition coefficient (Wildman–Crippen LogP) is 8.90. The number of alkyl halides is 3. The molecule has 250 valence electrons. The van der Waals surface area contributed by atoms with E-state index in [1.165, 1.54) is 30.3 Å². The molecule has 11 heteroatoms. The van der Waals surface area contributed by atoms with E-state index in [4.69, 9.17) is 4.74 Å². The fraction of sp³-hybridized carbons (Fsp3) is 0.132. The van der Waals surface area contributed by atoms with Gasteiger partial charge in [0.1, 0.15) is 6.61 Å². The average molecular weight is 794 g/mol. The molecular formula is C38H29Br2F3N2O4. The van der Waals surface area contributed by atoms with Gasteiger partial charge in [0.25, 0.3) is 5.91 Å². The lowest BCUT2D eigenvalue weighted by Crippen LogP contribution is -2.32. The lowest BCUT2D eigenvalue weighted by molar-refractivity contribution is -0.156. The summed E-state index contributed by atoms with van der Waals surface area (Å²) in [4.78, 5) is 37.6. The Bertz CT molecular complexity index is 1930. The fourth-order valence-corrected chi connectivity index (χ4v) is 6.45. The summed E-state index contributed by atoms with van der Waals surface area (Å²) in [6.45, 7) is 0.149. The van der Waals surface area contributed by atoms with Crippen LogP contribution in [0.15, 0.2) is 124 Å². The maximum atomic E-state index is 13.4. The van der Waals surface area contributed by atoms with Gasteiger partial charge in [-0.15, -0.1) is 0 Å². The molecule has 0 aliphatic heterocycles. The number of hydrogen-bond donors (Lipinski definition) is 2. The Labute approximate surface area is 298 Å². The minimum Gasteiger partial charge on any atom is -0.454 e. The molecule has 0 aliphatic carbocycles. The maximum Gasteiger partial charge on any atom is 0.417 e. The average Bonchev–Trinajstić information content (AvgIpc) is 3.10. The summed E-state index contributed by atoms with van der Waals surface area (Å²) < 4.78 is 46.4. The van der Waals surface area contributed by atoms with Crippen molar-refractivity contribution in [2.24, 2.45) is 0 Å². The van der Waals surface area contributed by atoms with Crippen molar-refractivity contribution in [1.82, 2.24) is 10.6 Å². The Hall–Kier alpha value is -4.74. The summed E-state index contributed by atoms with van der Waals surface area (Å²) in [5.41, 5.74) is 4.50. The molecule has 0 saturated carbocycles. The van der Waals surface area contributed by atoms with Gasteiger partial charge in [0, 0.05) is 33.2 Å². The van der Waals surface area contributed by atoms with Crippen LogP contribution in [0.4, 0.5) is 13.2 Å². The molecule has 5 rings (SSSR count). The van der Waals surface area contributed by atoms with Crippen LogP contribution in [0, 0.1) is 0 Å². The van der Waals surface area contributed by atoms with E-state index in [2.05, 4.69) is 66.8 Å². The Morgan fingerprint density at radius 3 is 1.90 bits per heavy atom. The number of carbonyl (C=O) groups is 3. The molecule has 5 aromatic rings. The monoisotopic (exact) mass is 792 g/mol. The first-order valence-electron chi connectivity index (χ1n) is 15.1. The third-order valence-electron chi connectivity index (χ3n) is 7.65. The molecule has 0 atom stereocenters. The first-order chi connectivity index (χ1) is 23.5. The third-order valence-corrected chi connectivity index (χ3v) is 9.06. The van der Waals surface area contributed by atoms with Gasteiger partial charge in [-0.05, 0) is 58.0 Å². The standard InChI is InChI=1S/C38H29Br2F3N2O4/c39-33-20-29(35(46)44-19-18-24-10-14-27(15-11-24)26-6-2-1-3-7-26)21-34(40)31(33)23-49-37(48)36(47)45-22-25-12-16-28(17-13-25)30-8-4-5-9-32(30)38(41,42)43/h1-17,20-21H,18-19,22-23H2,(H,44,46)(H,45,47). The number of carbonyl (C=O) groups excluding carboxylic acids is 3. The van der Waals surface area contributed by atoms with Crippen LogP contribution in [0.5, 0.6) is 0 Å². The van der Waals surface area contributed by atoms with E-state index in [0.717, 1.165) is 22.8 Å². The van der Waals surface area contributed by atoms with Gasteiger partial charge in [0.05, 0.1) is 5.56 Å². The van der Waals surface area contributed by atoms with Gasteiger partial charge in [0.15, 0.2) is 0 Å². The lowest BCUT2D eigenvalue weighted by atomic mass is 9.98. The highest BCUT2D eigenvalue weighted by Crippen LogP contribution is 2.37. The molecule has 0 unspecified atom stereocenters. The molecule has 0 bridgehead atoms. The molecule has 0 spiro atoms. The molecule has 2 amide bonds. The van der Waals surface area contributed by atoms with Gasteiger partial charge < -0.3 is 15.4 Å². The number of esters is 1. The van der Waals surface area contributed by atoms with E-state index < -0.39 is 23.6 Å². The molecule has 49 heavy (non-hydrogen) atoms. The van der Waals surface area contributed by atoms with Crippen LogP contribution < -0.4 is 10.6 Å². The quantitative estimate of drug-likeness (QED) is 0.109. The van der Waals surface area contributed by atoms with Gasteiger partial charge in [-0.1, -0.05) is 129 Å². The number of halogens is 5. The second kappa shape index (κ2) is 16.1. The van der Waals surface area contributed by atoms with Crippen molar-refractivity contribution < 1.29 is 32.3 Å². The molecule has 0 saturated heterocycles. The van der Waals surface area contributed by atoms with Crippen molar-refractivity contribution in [2.45, 2.75) is 25.7 Å². The summed E-state index contributed by atoms with van der Waals surface area (Å²) >= 11 is 6.84. The van der Waals surface area contributed by atoms with Crippen LogP contribution in [0.25, 0.3) is 22.3 Å². The van der Waals surface area contributed by atoms with Gasteiger partial charge in [0.2, 0.25) is 0 Å². The van der Waals surface area contributed by atoms with E-state index in [0.29, 0.717) is 44.2 Å². The second-order valence-corrected chi connectivity index (χ2v) is 12.7. The molecule has 5 aromatic carbocycles. The molecule has 0 heterocycles. The fourth-order valence-electron chi connectivity index (χ4n) is 5.03. The number of benzene rings is 5. The Kier molecular flexibility index (Phi) is 11.7. The van der Waals surface area contributed by atoms with E-state index in [1.807, 2.05) is 30.3 Å². The smallest absolute Gasteiger partial charge is 0.417 e. The van der Waals surface area contributed by atoms with Crippen molar-refractivity contribution in [3.05, 3.63) is 152 Å². The largest absolute Gasteiger partial charge is 0.454 e. The van der Waals surface area contributed by atoms with Gasteiger partial charge in [-0.25, -0.2) is 4.79 Å². The van der Waals surface area contributed by atoms with E-state index in [-0.39, 0.29) is 24.6 Å². The van der Waals surface area contributed by atoms with Crippen LogP contribution >= 0.6 is 31.9 Å². The van der Waals surface area contributed by atoms with Crippen molar-refractivity contribution in [3.63, 3.8) is 0 Å². The van der Waals surface area contributed by atoms with Gasteiger partial charge in [-0.3, -0.25) is 9.59 Å². The van der Waals surface area contributed by atoms with Gasteiger partial charge in [-0.2, -0.15) is 13.2 Å². The minimum absolute atomic E-state index is 0.0364. The maximum absolute atomic E-state index is 13.4. The number of hydrogen-bond acceptors (Lipinski definition) is 4. The SMILES string of the molecule is O=C(NCc1ccc(-c2ccccc2C(F)(F)F)cc1)C(=O)OCc1c(Br)cc(C(=O)NCCc2ccc(-c3ccccc3)cc2)cc1Br. The van der Waals surface area contributed by atoms with E-state index in [1.54, 1.807) is 24.3 Å². The summed E-state index contributed by atoms with van der Waals surface area (Å²) in [6, 6.07) is 32.9. The minimum atomic E-state index is -4.50. The van der Waals surface area contributed by atoms with Crippen LogP contribution in [0.1, 0.15) is 32.6 Å². The molecule has 0 aromatic heterocycles. The van der Waals surface area contributed by atoms with Crippen LogP contribution in [0.3, 0.4) is 0 Å². The number of rotatable bonds is 10. The third kappa shape index (κ3) is 9.45. The highest BCUT2D eigenvalue weighted by molar-refractivity contribution is 9.11. The first-order valence-corrected chi connectivity index (χ1v) is 16.7. The molecule has 2 N–H and O–H groups in total. The summed E-state index contributed by atoms with van der Waals surface area (Å²) in [5.74, 6) is -2.37. The molecule has 0 radical (unpaired) electrons. The van der Waals surface area contributed by atoms with Crippen molar-refractivity contribution in [3.8, 4) is 22.3 Å². The Balaban J connectivity index is 1.08. The van der Waals surface area contributed by atoms with E-state index in [9.17, 15) is 27.6 Å². The number of nitrogens with one attached hydrogen (secondary N) is 2. The summed E-state index contributed by atoms with van der Waals surface area (Å²) in [7, 11) is 0. The highest BCUT2D eigenvalue weighted by atomic mass is 79.9. The van der Waals surface area contributed by atoms with Crippen molar-refractivity contribution in [1.29, 1.82) is 0 Å². The zero-order valence-electron chi connectivity index (χ0n) is 25.8. The summed E-state index contributed by atoms with van der Waals surface area (Å²) in [5, 5.41) is 5.37. The number of ether oxygens (including phenoxy) is 1. The lowest BCUT2D eigenvalue weighted by Gasteiger charge is -2.13. The predicted molar refractivity (Wildman–Crippen MR) is 188 cm³/mol. The van der Waals surface area contributed by atoms with E-state index >= 15 is 0 Å². The van der Waals surface area contributed by atoms with Crippen molar-refractivity contribution in [2.75, 3.05) is 6.54 Å².